The van der Waals surface area contributed by atoms with E-state index in [1.165, 1.54) is 9.80 Å². The molecule has 2 bridgehead atoms. The zero-order valence-electron chi connectivity index (χ0n) is 19.1. The summed E-state index contributed by atoms with van der Waals surface area (Å²) >= 11 is 0. The predicted octanol–water partition coefficient (Wildman–Crippen LogP) is 1.44. The number of likely N-dealkylation sites (tertiary alicyclic amines) is 1. The average molecular weight is 459 g/mol. The summed E-state index contributed by atoms with van der Waals surface area (Å²) in [5, 5.41) is 19.8. The number of ether oxygens (including phenoxy) is 2. The van der Waals surface area contributed by atoms with Crippen molar-refractivity contribution in [3.8, 4) is 5.75 Å². The van der Waals surface area contributed by atoms with Crippen molar-refractivity contribution >= 4 is 23.5 Å². The van der Waals surface area contributed by atoms with Crippen molar-refractivity contribution in [1.29, 1.82) is 0 Å². The molecule has 1 aromatic carbocycles. The molecule has 0 aromatic heterocycles. The summed E-state index contributed by atoms with van der Waals surface area (Å²) in [4.78, 5) is 42.8. The molecule has 4 rings (SSSR count). The zero-order chi connectivity index (χ0) is 24.1. The first-order valence-corrected chi connectivity index (χ1v) is 11.1. The standard InChI is InChI=1S/C24H30N2O7/c1-5-12-25(15-6-8-16(32-4)9-7-15)21(29)19-24-11-10-23(3,33-24)18(22(30)31)17(24)20(28)26(19)14(2)13-27/h5-9,14,17-19,27H,1,10-13H2,2-4H3,(H,30,31)/t14-,17+,18+,19?,23-,24?/m1/s1. The first kappa shape index (κ1) is 23.3. The Hall–Kier alpha value is -2.91. The third-order valence-corrected chi connectivity index (χ3v) is 7.42. The maximum atomic E-state index is 14.1. The lowest BCUT2D eigenvalue weighted by atomic mass is 9.66. The summed E-state index contributed by atoms with van der Waals surface area (Å²) in [7, 11) is 1.55. The van der Waals surface area contributed by atoms with Gasteiger partial charge in [-0.15, -0.1) is 6.58 Å². The molecular weight excluding hydrogens is 428 g/mol. The third kappa shape index (κ3) is 3.25. The summed E-state index contributed by atoms with van der Waals surface area (Å²) in [5.74, 6) is -3.38. The fourth-order valence-electron chi connectivity index (χ4n) is 5.94. The SMILES string of the molecule is C=CCN(C(=O)C1N([C@H](C)CO)C(=O)[C@@H]2[C@@H](C(=O)O)[C@@]3(C)CCC12O3)c1ccc(OC)cc1. The molecule has 33 heavy (non-hydrogen) atoms. The topological polar surface area (TPSA) is 117 Å². The van der Waals surface area contributed by atoms with Gasteiger partial charge in [-0.05, 0) is 51.0 Å². The lowest BCUT2D eigenvalue weighted by molar-refractivity contribution is -0.155. The van der Waals surface area contributed by atoms with Gasteiger partial charge in [0, 0.05) is 12.2 Å². The number of aliphatic carboxylic acids is 1. The van der Waals surface area contributed by atoms with Crippen LogP contribution in [-0.4, -0.2) is 76.4 Å². The van der Waals surface area contributed by atoms with E-state index in [9.17, 15) is 24.6 Å². The quantitative estimate of drug-likeness (QED) is 0.566. The Morgan fingerprint density at radius 1 is 1.36 bits per heavy atom. The van der Waals surface area contributed by atoms with E-state index in [0.29, 0.717) is 24.3 Å². The first-order chi connectivity index (χ1) is 15.6. The Bertz CT molecular complexity index is 980. The Morgan fingerprint density at radius 2 is 2.03 bits per heavy atom. The number of carbonyl (C=O) groups is 3. The van der Waals surface area contributed by atoms with Crippen molar-refractivity contribution in [3.63, 3.8) is 0 Å². The van der Waals surface area contributed by atoms with Crippen LogP contribution in [0.5, 0.6) is 5.75 Å². The maximum absolute atomic E-state index is 14.1. The normalized spacial score (nSPS) is 33.0. The molecule has 2 unspecified atom stereocenters. The second-order valence-electron chi connectivity index (χ2n) is 9.28. The number of nitrogens with zero attached hydrogens (tertiary/aromatic N) is 2. The predicted molar refractivity (Wildman–Crippen MR) is 119 cm³/mol. The number of amides is 2. The van der Waals surface area contributed by atoms with Gasteiger partial charge in [0.05, 0.1) is 37.2 Å². The van der Waals surface area contributed by atoms with Crippen LogP contribution in [0.25, 0.3) is 0 Å². The fraction of sp³-hybridized carbons (Fsp3) is 0.542. The fourth-order valence-corrected chi connectivity index (χ4v) is 5.94. The van der Waals surface area contributed by atoms with Crippen LogP contribution in [0.15, 0.2) is 36.9 Å². The molecule has 3 heterocycles. The minimum absolute atomic E-state index is 0.178. The minimum Gasteiger partial charge on any atom is -0.497 e. The second kappa shape index (κ2) is 8.14. The highest BCUT2D eigenvalue weighted by molar-refractivity contribution is 6.04. The van der Waals surface area contributed by atoms with Gasteiger partial charge in [-0.3, -0.25) is 14.4 Å². The van der Waals surface area contributed by atoms with E-state index in [4.69, 9.17) is 9.47 Å². The second-order valence-corrected chi connectivity index (χ2v) is 9.28. The Kier molecular flexibility index (Phi) is 5.74. The number of carboxylic acid groups (broad SMARTS) is 1. The van der Waals surface area contributed by atoms with E-state index in [-0.39, 0.29) is 13.2 Å². The molecule has 178 valence electrons. The molecular formula is C24H30N2O7. The van der Waals surface area contributed by atoms with Gasteiger partial charge in [0.1, 0.15) is 17.4 Å². The largest absolute Gasteiger partial charge is 0.497 e. The Morgan fingerprint density at radius 3 is 2.58 bits per heavy atom. The number of rotatable bonds is 8. The minimum atomic E-state index is -1.26. The van der Waals surface area contributed by atoms with Crippen molar-refractivity contribution in [2.45, 2.75) is 50.0 Å². The van der Waals surface area contributed by atoms with Gasteiger partial charge in [0.15, 0.2) is 0 Å². The molecule has 1 spiro atoms. The van der Waals surface area contributed by atoms with Crippen LogP contribution in [-0.2, 0) is 19.1 Å². The van der Waals surface area contributed by atoms with Gasteiger partial charge in [-0.1, -0.05) is 6.08 Å². The van der Waals surface area contributed by atoms with Gasteiger partial charge in [0.2, 0.25) is 5.91 Å². The first-order valence-electron chi connectivity index (χ1n) is 11.1. The van der Waals surface area contributed by atoms with Gasteiger partial charge in [-0.25, -0.2) is 0 Å². The highest BCUT2D eigenvalue weighted by atomic mass is 16.5. The van der Waals surface area contributed by atoms with Crippen molar-refractivity contribution in [1.82, 2.24) is 4.90 Å². The van der Waals surface area contributed by atoms with Gasteiger partial charge in [0.25, 0.3) is 5.91 Å². The molecule has 2 N–H and O–H groups in total. The monoisotopic (exact) mass is 458 g/mol. The van der Waals surface area contributed by atoms with Crippen LogP contribution < -0.4 is 9.64 Å². The van der Waals surface area contributed by atoms with Crippen molar-refractivity contribution in [2.75, 3.05) is 25.2 Å². The van der Waals surface area contributed by atoms with Gasteiger partial charge >= 0.3 is 5.97 Å². The molecule has 0 aliphatic carbocycles. The number of benzene rings is 1. The Balaban J connectivity index is 1.81. The molecule has 3 aliphatic rings. The van der Waals surface area contributed by atoms with E-state index in [2.05, 4.69) is 6.58 Å². The number of hydrogen-bond acceptors (Lipinski definition) is 6. The van der Waals surface area contributed by atoms with Crippen LogP contribution in [0, 0.1) is 11.8 Å². The molecule has 9 nitrogen and oxygen atoms in total. The molecule has 3 fully saturated rings. The number of methoxy groups -OCH3 is 1. The number of aliphatic hydroxyl groups excluding tert-OH is 1. The lowest BCUT2D eigenvalue weighted by Crippen LogP contribution is -2.58. The molecule has 2 amide bonds. The summed E-state index contributed by atoms with van der Waals surface area (Å²) < 4.78 is 11.6. The van der Waals surface area contributed by atoms with E-state index in [0.717, 1.165) is 0 Å². The number of carbonyl (C=O) groups excluding carboxylic acids is 2. The number of anilines is 1. The van der Waals surface area contributed by atoms with Crippen LogP contribution in [0.1, 0.15) is 26.7 Å². The van der Waals surface area contributed by atoms with Crippen LogP contribution in [0.3, 0.4) is 0 Å². The summed E-state index contributed by atoms with van der Waals surface area (Å²) in [6.45, 7) is 6.93. The summed E-state index contributed by atoms with van der Waals surface area (Å²) in [5.41, 5.74) is -1.71. The maximum Gasteiger partial charge on any atom is 0.310 e. The molecule has 0 radical (unpaired) electrons. The smallest absolute Gasteiger partial charge is 0.310 e. The average Bonchev–Trinajstić information content (AvgIpc) is 3.37. The van der Waals surface area contributed by atoms with Gasteiger partial charge < -0.3 is 29.5 Å². The highest BCUT2D eigenvalue weighted by Gasteiger charge is 2.78. The summed E-state index contributed by atoms with van der Waals surface area (Å²) in [6, 6.07) is 5.18. The molecule has 3 aliphatic heterocycles. The third-order valence-electron chi connectivity index (χ3n) is 7.42. The van der Waals surface area contributed by atoms with Crippen molar-refractivity contribution < 1.29 is 34.1 Å². The zero-order valence-corrected chi connectivity index (χ0v) is 19.1. The molecule has 1 aromatic rings. The van der Waals surface area contributed by atoms with Crippen molar-refractivity contribution in [2.24, 2.45) is 11.8 Å². The van der Waals surface area contributed by atoms with Crippen LogP contribution >= 0.6 is 0 Å². The molecule has 6 atom stereocenters. The number of aliphatic hydroxyl groups is 1. The van der Waals surface area contributed by atoms with Crippen LogP contribution in [0.2, 0.25) is 0 Å². The molecule has 0 saturated carbocycles. The number of carboxylic acids is 1. The number of hydrogen-bond donors (Lipinski definition) is 2. The number of fused-ring (bicyclic) bond motifs is 1. The van der Waals surface area contributed by atoms with E-state index in [1.54, 1.807) is 51.3 Å². The summed E-state index contributed by atoms with van der Waals surface area (Å²) in [6.07, 6.45) is 2.41. The van der Waals surface area contributed by atoms with Crippen molar-refractivity contribution in [3.05, 3.63) is 36.9 Å². The van der Waals surface area contributed by atoms with E-state index < -0.39 is 52.9 Å². The molecule has 3 saturated heterocycles. The van der Waals surface area contributed by atoms with E-state index >= 15 is 0 Å². The lowest BCUT2D eigenvalue weighted by Gasteiger charge is -2.38. The highest BCUT2D eigenvalue weighted by Crippen LogP contribution is 2.63. The van der Waals surface area contributed by atoms with Gasteiger partial charge in [-0.2, -0.15) is 0 Å². The van der Waals surface area contributed by atoms with E-state index in [1.807, 2.05) is 0 Å². The van der Waals surface area contributed by atoms with Crippen LogP contribution in [0.4, 0.5) is 5.69 Å². The Labute approximate surface area is 192 Å². The molecule has 9 heteroatoms.